The highest BCUT2D eigenvalue weighted by molar-refractivity contribution is 4.98. The molecule has 0 bridgehead atoms. The maximum absolute atomic E-state index is 2.71. The number of likely N-dealkylation sites (tertiary alicyclic amines) is 1. The van der Waals surface area contributed by atoms with Gasteiger partial charge in [-0.1, -0.05) is 6.42 Å². The molecule has 0 spiro atoms. The van der Waals surface area contributed by atoms with E-state index in [1.54, 1.807) is 0 Å². The Morgan fingerprint density at radius 2 is 1.85 bits per heavy atom. The second-order valence-corrected chi connectivity index (χ2v) is 5.92. The van der Waals surface area contributed by atoms with E-state index >= 15 is 0 Å². The van der Waals surface area contributed by atoms with Crippen LogP contribution in [0.5, 0.6) is 0 Å². The summed E-state index contributed by atoms with van der Waals surface area (Å²) in [5, 5.41) is 0. The van der Waals surface area contributed by atoms with Crippen molar-refractivity contribution in [3.8, 4) is 0 Å². The summed E-state index contributed by atoms with van der Waals surface area (Å²) >= 11 is 0. The molecule has 0 aromatic rings. The van der Waals surface area contributed by atoms with Crippen LogP contribution in [0, 0.1) is 11.8 Å². The molecule has 0 aromatic heterocycles. The van der Waals surface area contributed by atoms with E-state index in [0.29, 0.717) is 5.54 Å². The minimum absolute atomic E-state index is 0.379. The van der Waals surface area contributed by atoms with Crippen LogP contribution < -0.4 is 0 Å². The zero-order valence-electron chi connectivity index (χ0n) is 9.51. The maximum atomic E-state index is 2.71. The number of rotatable bonds is 0. The molecule has 1 saturated carbocycles. The normalized spacial score (nSPS) is 41.1. The zero-order valence-corrected chi connectivity index (χ0v) is 9.51. The summed E-state index contributed by atoms with van der Waals surface area (Å²) in [6.07, 6.45) is 4.46. The van der Waals surface area contributed by atoms with Crippen molar-refractivity contribution in [1.82, 2.24) is 4.90 Å². The minimum atomic E-state index is 0.379. The van der Waals surface area contributed by atoms with Crippen LogP contribution in [0.1, 0.15) is 47.0 Å². The summed E-state index contributed by atoms with van der Waals surface area (Å²) in [6, 6.07) is 0.826. The zero-order chi connectivity index (χ0) is 9.64. The molecule has 1 saturated heterocycles. The molecule has 0 radical (unpaired) electrons. The first-order valence-corrected chi connectivity index (χ1v) is 5.77. The SMILES string of the molecule is C[C@@H]1[C@H]2CCC[C@H]2CN1C(C)(C)C. The average Bonchev–Trinajstić information content (AvgIpc) is 2.51. The summed E-state index contributed by atoms with van der Waals surface area (Å²) in [4.78, 5) is 2.71. The Labute approximate surface area is 82.5 Å². The van der Waals surface area contributed by atoms with Crippen molar-refractivity contribution in [2.45, 2.75) is 58.5 Å². The Kier molecular flexibility index (Phi) is 2.18. The molecule has 3 atom stereocenters. The van der Waals surface area contributed by atoms with Gasteiger partial charge in [0.2, 0.25) is 0 Å². The second-order valence-electron chi connectivity index (χ2n) is 5.92. The van der Waals surface area contributed by atoms with Crippen LogP contribution in [0.25, 0.3) is 0 Å². The van der Waals surface area contributed by atoms with E-state index in [0.717, 1.165) is 17.9 Å². The standard InChI is InChI=1S/C12H23N/c1-9-11-7-5-6-10(11)8-13(9)12(2,3)4/h9-11H,5-8H2,1-4H3/t9-,10+,11-/m1/s1. The van der Waals surface area contributed by atoms with Gasteiger partial charge in [0.05, 0.1) is 0 Å². The second kappa shape index (κ2) is 2.98. The maximum Gasteiger partial charge on any atom is 0.0128 e. The van der Waals surface area contributed by atoms with Crippen molar-refractivity contribution >= 4 is 0 Å². The highest BCUT2D eigenvalue weighted by Gasteiger charge is 2.44. The summed E-state index contributed by atoms with van der Waals surface area (Å²) in [5.74, 6) is 2.04. The van der Waals surface area contributed by atoms with Crippen LogP contribution in [-0.4, -0.2) is 23.0 Å². The van der Waals surface area contributed by atoms with Crippen LogP contribution in [-0.2, 0) is 0 Å². The molecule has 2 aliphatic rings. The van der Waals surface area contributed by atoms with E-state index in [1.165, 1.54) is 25.8 Å². The lowest BCUT2D eigenvalue weighted by Crippen LogP contribution is -2.44. The Morgan fingerprint density at radius 3 is 2.38 bits per heavy atom. The van der Waals surface area contributed by atoms with Crippen LogP contribution in [0.15, 0.2) is 0 Å². The fraction of sp³-hybridized carbons (Fsp3) is 1.00. The van der Waals surface area contributed by atoms with Gasteiger partial charge in [0, 0.05) is 18.1 Å². The van der Waals surface area contributed by atoms with Gasteiger partial charge in [-0.3, -0.25) is 4.90 Å². The molecule has 76 valence electrons. The van der Waals surface area contributed by atoms with E-state index in [4.69, 9.17) is 0 Å². The lowest BCUT2D eigenvalue weighted by molar-refractivity contribution is 0.113. The summed E-state index contributed by atoms with van der Waals surface area (Å²) in [6.45, 7) is 10.8. The van der Waals surface area contributed by atoms with Crippen molar-refractivity contribution in [2.24, 2.45) is 11.8 Å². The molecular weight excluding hydrogens is 158 g/mol. The third kappa shape index (κ3) is 1.52. The highest BCUT2D eigenvalue weighted by Crippen LogP contribution is 2.44. The van der Waals surface area contributed by atoms with E-state index in [9.17, 15) is 0 Å². The van der Waals surface area contributed by atoms with Gasteiger partial charge < -0.3 is 0 Å². The first kappa shape index (κ1) is 9.51. The van der Waals surface area contributed by atoms with Crippen LogP contribution in [0.3, 0.4) is 0 Å². The molecule has 0 N–H and O–H groups in total. The first-order chi connectivity index (χ1) is 6.00. The fourth-order valence-electron chi connectivity index (χ4n) is 3.46. The largest absolute Gasteiger partial charge is 0.295 e. The number of nitrogens with zero attached hydrogens (tertiary/aromatic N) is 1. The molecule has 2 fully saturated rings. The van der Waals surface area contributed by atoms with Crippen molar-refractivity contribution in [1.29, 1.82) is 0 Å². The number of hydrogen-bond acceptors (Lipinski definition) is 1. The molecule has 13 heavy (non-hydrogen) atoms. The molecule has 1 heteroatoms. The Balaban J connectivity index is 2.11. The third-order valence-corrected chi connectivity index (χ3v) is 4.12. The highest BCUT2D eigenvalue weighted by atomic mass is 15.2. The number of fused-ring (bicyclic) bond motifs is 1. The summed E-state index contributed by atoms with van der Waals surface area (Å²) in [7, 11) is 0. The van der Waals surface area contributed by atoms with Crippen LogP contribution >= 0.6 is 0 Å². The van der Waals surface area contributed by atoms with Gasteiger partial charge >= 0.3 is 0 Å². The molecule has 1 aliphatic carbocycles. The van der Waals surface area contributed by atoms with Gasteiger partial charge in [0.25, 0.3) is 0 Å². The molecule has 1 nitrogen and oxygen atoms in total. The third-order valence-electron chi connectivity index (χ3n) is 4.12. The van der Waals surface area contributed by atoms with Gasteiger partial charge in [-0.2, -0.15) is 0 Å². The quantitative estimate of drug-likeness (QED) is 0.555. The van der Waals surface area contributed by atoms with Crippen molar-refractivity contribution in [2.75, 3.05) is 6.54 Å². The van der Waals surface area contributed by atoms with E-state index in [2.05, 4.69) is 32.6 Å². The van der Waals surface area contributed by atoms with Crippen molar-refractivity contribution < 1.29 is 0 Å². The Bertz CT molecular complexity index is 192. The molecule has 0 unspecified atom stereocenters. The molecule has 0 aromatic carbocycles. The summed E-state index contributed by atoms with van der Waals surface area (Å²) < 4.78 is 0. The monoisotopic (exact) mass is 181 g/mol. The predicted octanol–water partition coefficient (Wildman–Crippen LogP) is 2.91. The lowest BCUT2D eigenvalue weighted by atomic mass is 9.95. The molecule has 2 rings (SSSR count). The average molecular weight is 181 g/mol. The first-order valence-electron chi connectivity index (χ1n) is 5.77. The minimum Gasteiger partial charge on any atom is -0.295 e. The number of hydrogen-bond donors (Lipinski definition) is 0. The van der Waals surface area contributed by atoms with Gasteiger partial charge in [-0.05, 0) is 52.4 Å². The Morgan fingerprint density at radius 1 is 1.15 bits per heavy atom. The molecule has 0 amide bonds. The lowest BCUT2D eigenvalue weighted by Gasteiger charge is -2.37. The van der Waals surface area contributed by atoms with Crippen LogP contribution in [0.2, 0.25) is 0 Å². The Hall–Kier alpha value is -0.0400. The van der Waals surface area contributed by atoms with E-state index in [-0.39, 0.29) is 0 Å². The van der Waals surface area contributed by atoms with Crippen molar-refractivity contribution in [3.63, 3.8) is 0 Å². The van der Waals surface area contributed by atoms with Gasteiger partial charge in [-0.25, -0.2) is 0 Å². The molecular formula is C12H23N. The van der Waals surface area contributed by atoms with Crippen LogP contribution in [0.4, 0.5) is 0 Å². The smallest absolute Gasteiger partial charge is 0.0128 e. The van der Waals surface area contributed by atoms with Crippen molar-refractivity contribution in [3.05, 3.63) is 0 Å². The predicted molar refractivity (Wildman–Crippen MR) is 56.8 cm³/mol. The van der Waals surface area contributed by atoms with Gasteiger partial charge in [0.15, 0.2) is 0 Å². The van der Waals surface area contributed by atoms with Gasteiger partial charge in [0.1, 0.15) is 0 Å². The fourth-order valence-corrected chi connectivity index (χ4v) is 3.46. The topological polar surface area (TPSA) is 3.24 Å². The summed E-state index contributed by atoms with van der Waals surface area (Å²) in [5.41, 5.74) is 0.379. The molecule has 1 aliphatic heterocycles. The van der Waals surface area contributed by atoms with Gasteiger partial charge in [-0.15, -0.1) is 0 Å². The van der Waals surface area contributed by atoms with E-state index < -0.39 is 0 Å². The molecule has 1 heterocycles. The van der Waals surface area contributed by atoms with E-state index in [1.807, 2.05) is 0 Å².